The van der Waals surface area contributed by atoms with Gasteiger partial charge in [-0.1, -0.05) is 54.6 Å². The predicted octanol–water partition coefficient (Wildman–Crippen LogP) is 4.87. The van der Waals surface area contributed by atoms with Crippen LogP contribution in [-0.2, 0) is 5.75 Å². The Kier molecular flexibility index (Phi) is 4.52. The van der Waals surface area contributed by atoms with Crippen molar-refractivity contribution in [2.24, 2.45) is 4.99 Å². The van der Waals surface area contributed by atoms with Gasteiger partial charge in [0.2, 0.25) is 0 Å². The molecule has 1 N–H and O–H groups in total. The lowest BCUT2D eigenvalue weighted by Crippen LogP contribution is -2.30. The van der Waals surface area contributed by atoms with Crippen molar-refractivity contribution in [1.82, 2.24) is 5.32 Å². The molecule has 0 saturated heterocycles. The molecule has 0 radical (unpaired) electrons. The molecule has 0 unspecified atom stereocenters. The van der Waals surface area contributed by atoms with Crippen LogP contribution in [0.2, 0.25) is 0 Å². The molecule has 1 aliphatic heterocycles. The van der Waals surface area contributed by atoms with Crippen molar-refractivity contribution in [2.45, 2.75) is 17.1 Å². The number of fused-ring (bicyclic) bond motifs is 1. The van der Waals surface area contributed by atoms with Gasteiger partial charge in [-0.2, -0.15) is 0 Å². The van der Waals surface area contributed by atoms with Crippen molar-refractivity contribution in [3.63, 3.8) is 0 Å². The SMILES string of the molecule is c1cc(SCc2cccc3ccccc23)cc(C2=NCCCN2)c1. The molecule has 0 fully saturated rings. The van der Waals surface area contributed by atoms with Crippen LogP contribution in [0.1, 0.15) is 17.5 Å². The molecular formula is C21H20N2S. The number of aliphatic imine (C=N–C) groups is 1. The summed E-state index contributed by atoms with van der Waals surface area (Å²) in [5.41, 5.74) is 2.58. The second-order valence-electron chi connectivity index (χ2n) is 5.97. The largest absolute Gasteiger partial charge is 0.370 e. The van der Waals surface area contributed by atoms with Gasteiger partial charge < -0.3 is 5.32 Å². The zero-order valence-corrected chi connectivity index (χ0v) is 14.4. The van der Waals surface area contributed by atoms with Gasteiger partial charge in [-0.05, 0) is 34.9 Å². The van der Waals surface area contributed by atoms with Crippen molar-refractivity contribution < 1.29 is 0 Å². The standard InChI is InChI=1S/C21H20N2S/c1-2-11-20-16(6-1)7-3-9-18(20)15-24-19-10-4-8-17(14-19)21-22-12-5-13-23-21/h1-4,6-11,14H,5,12-13,15H2,(H,22,23). The fourth-order valence-corrected chi connectivity index (χ4v) is 4.00. The zero-order chi connectivity index (χ0) is 16.2. The molecule has 3 heteroatoms. The van der Waals surface area contributed by atoms with E-state index in [4.69, 9.17) is 0 Å². The number of nitrogens with zero attached hydrogens (tertiary/aromatic N) is 1. The monoisotopic (exact) mass is 332 g/mol. The highest BCUT2D eigenvalue weighted by molar-refractivity contribution is 7.98. The van der Waals surface area contributed by atoms with E-state index in [0.717, 1.165) is 31.1 Å². The van der Waals surface area contributed by atoms with E-state index in [9.17, 15) is 0 Å². The first-order valence-electron chi connectivity index (χ1n) is 8.38. The molecule has 4 rings (SSSR count). The van der Waals surface area contributed by atoms with E-state index in [-0.39, 0.29) is 0 Å². The highest BCUT2D eigenvalue weighted by Gasteiger charge is 2.08. The summed E-state index contributed by atoms with van der Waals surface area (Å²) in [6.07, 6.45) is 1.12. The Morgan fingerprint density at radius 2 is 1.83 bits per heavy atom. The molecule has 0 atom stereocenters. The Labute approximate surface area is 147 Å². The first kappa shape index (κ1) is 15.3. The first-order chi connectivity index (χ1) is 11.9. The Morgan fingerprint density at radius 1 is 0.958 bits per heavy atom. The maximum absolute atomic E-state index is 4.60. The highest BCUT2D eigenvalue weighted by Crippen LogP contribution is 2.28. The molecule has 0 spiro atoms. The van der Waals surface area contributed by atoms with E-state index < -0.39 is 0 Å². The summed E-state index contributed by atoms with van der Waals surface area (Å²) in [4.78, 5) is 5.88. The molecule has 0 bridgehead atoms. The van der Waals surface area contributed by atoms with Gasteiger partial charge in [-0.3, -0.25) is 4.99 Å². The Hall–Kier alpha value is -2.26. The lowest BCUT2D eigenvalue weighted by atomic mass is 10.1. The zero-order valence-electron chi connectivity index (χ0n) is 13.5. The van der Waals surface area contributed by atoms with E-state index in [1.807, 2.05) is 11.8 Å². The topological polar surface area (TPSA) is 24.4 Å². The Bertz CT molecular complexity index is 880. The molecule has 0 aliphatic carbocycles. The summed E-state index contributed by atoms with van der Waals surface area (Å²) in [7, 11) is 0. The van der Waals surface area contributed by atoms with E-state index in [0.29, 0.717) is 0 Å². The summed E-state index contributed by atoms with van der Waals surface area (Å²) in [5, 5.41) is 6.06. The molecule has 3 aromatic carbocycles. The number of thioether (sulfide) groups is 1. The summed E-state index contributed by atoms with van der Waals surface area (Å²) in [6, 6.07) is 23.8. The van der Waals surface area contributed by atoms with E-state index in [1.165, 1.54) is 26.8 Å². The number of rotatable bonds is 4. The number of hydrogen-bond donors (Lipinski definition) is 1. The Balaban J connectivity index is 1.54. The maximum Gasteiger partial charge on any atom is 0.128 e. The maximum atomic E-state index is 4.60. The summed E-state index contributed by atoms with van der Waals surface area (Å²) >= 11 is 1.88. The second kappa shape index (κ2) is 7.10. The minimum atomic E-state index is 0.926. The lowest BCUT2D eigenvalue weighted by molar-refractivity contribution is 0.742. The molecule has 0 aromatic heterocycles. The first-order valence-corrected chi connectivity index (χ1v) is 9.37. The summed E-state index contributed by atoms with van der Waals surface area (Å²) in [5.74, 6) is 2.01. The molecule has 0 amide bonds. The quantitative estimate of drug-likeness (QED) is 0.689. The van der Waals surface area contributed by atoms with Crippen LogP contribution in [-0.4, -0.2) is 18.9 Å². The van der Waals surface area contributed by atoms with Gasteiger partial charge in [-0.25, -0.2) is 0 Å². The second-order valence-corrected chi connectivity index (χ2v) is 7.01. The van der Waals surface area contributed by atoms with Gasteiger partial charge in [0.15, 0.2) is 0 Å². The van der Waals surface area contributed by atoms with Crippen molar-refractivity contribution >= 4 is 28.4 Å². The molecule has 0 saturated carbocycles. The van der Waals surface area contributed by atoms with Gasteiger partial charge in [-0.15, -0.1) is 11.8 Å². The van der Waals surface area contributed by atoms with Crippen LogP contribution in [0.3, 0.4) is 0 Å². The van der Waals surface area contributed by atoms with Crippen molar-refractivity contribution in [3.05, 3.63) is 77.9 Å². The fraction of sp³-hybridized carbons (Fsp3) is 0.190. The third-order valence-electron chi connectivity index (χ3n) is 4.28. The van der Waals surface area contributed by atoms with Crippen LogP contribution in [0, 0.1) is 0 Å². The summed E-state index contributed by atoms with van der Waals surface area (Å²) < 4.78 is 0. The van der Waals surface area contributed by atoms with Crippen LogP contribution < -0.4 is 5.32 Å². The molecule has 120 valence electrons. The van der Waals surface area contributed by atoms with Gasteiger partial charge >= 0.3 is 0 Å². The van der Waals surface area contributed by atoms with Crippen LogP contribution in [0.4, 0.5) is 0 Å². The third kappa shape index (κ3) is 3.31. The number of benzene rings is 3. The summed E-state index contributed by atoms with van der Waals surface area (Å²) in [6.45, 7) is 1.95. The van der Waals surface area contributed by atoms with Crippen LogP contribution in [0.25, 0.3) is 10.8 Å². The Morgan fingerprint density at radius 3 is 2.75 bits per heavy atom. The number of nitrogens with one attached hydrogen (secondary N) is 1. The van der Waals surface area contributed by atoms with Gasteiger partial charge in [0, 0.05) is 29.3 Å². The molecule has 2 nitrogen and oxygen atoms in total. The smallest absolute Gasteiger partial charge is 0.128 e. The molecule has 24 heavy (non-hydrogen) atoms. The average Bonchev–Trinajstić information content (AvgIpc) is 2.67. The number of amidine groups is 1. The minimum Gasteiger partial charge on any atom is -0.370 e. The lowest BCUT2D eigenvalue weighted by Gasteiger charge is -2.15. The van der Waals surface area contributed by atoms with Crippen molar-refractivity contribution in [3.8, 4) is 0 Å². The van der Waals surface area contributed by atoms with E-state index in [2.05, 4.69) is 77.0 Å². The molecule has 1 aliphatic rings. The van der Waals surface area contributed by atoms with E-state index >= 15 is 0 Å². The van der Waals surface area contributed by atoms with Gasteiger partial charge in [0.1, 0.15) is 5.84 Å². The van der Waals surface area contributed by atoms with Crippen molar-refractivity contribution in [2.75, 3.05) is 13.1 Å². The van der Waals surface area contributed by atoms with E-state index in [1.54, 1.807) is 0 Å². The van der Waals surface area contributed by atoms with Crippen LogP contribution in [0.5, 0.6) is 0 Å². The third-order valence-corrected chi connectivity index (χ3v) is 5.32. The minimum absolute atomic E-state index is 0.926. The number of hydrogen-bond acceptors (Lipinski definition) is 3. The predicted molar refractivity (Wildman–Crippen MR) is 104 cm³/mol. The van der Waals surface area contributed by atoms with Crippen molar-refractivity contribution in [1.29, 1.82) is 0 Å². The van der Waals surface area contributed by atoms with Gasteiger partial charge in [0.05, 0.1) is 0 Å². The molecule has 3 aromatic rings. The normalized spacial score (nSPS) is 14.2. The molecular weight excluding hydrogens is 312 g/mol. The highest BCUT2D eigenvalue weighted by atomic mass is 32.2. The van der Waals surface area contributed by atoms with Gasteiger partial charge in [0.25, 0.3) is 0 Å². The fourth-order valence-electron chi connectivity index (χ4n) is 3.04. The van der Waals surface area contributed by atoms with Crippen LogP contribution >= 0.6 is 11.8 Å². The average molecular weight is 332 g/mol. The molecule has 1 heterocycles. The van der Waals surface area contributed by atoms with Crippen LogP contribution in [0.15, 0.2) is 76.6 Å².